The Balaban J connectivity index is 2.53. The number of fused-ring (bicyclic) bond motifs is 1. The number of nitrogens with zero attached hydrogens (tertiary/aromatic N) is 1. The number of methoxy groups -OCH3 is 5. The van der Waals surface area contributed by atoms with Gasteiger partial charge in [0.05, 0.1) is 40.4 Å². The summed E-state index contributed by atoms with van der Waals surface area (Å²) in [5.41, 5.74) is 0.537. The van der Waals surface area contributed by atoms with Crippen LogP contribution in [0.25, 0.3) is 21.9 Å². The van der Waals surface area contributed by atoms with Crippen molar-refractivity contribution < 1.29 is 33.6 Å². The summed E-state index contributed by atoms with van der Waals surface area (Å²) in [6, 6.07) is 7.76. The van der Waals surface area contributed by atoms with E-state index in [0.717, 1.165) is 0 Å². The van der Waals surface area contributed by atoms with Crippen molar-refractivity contribution in [3.05, 3.63) is 46.4 Å². The molecule has 1 heterocycles. The predicted molar refractivity (Wildman–Crippen MR) is 118 cm³/mol. The van der Waals surface area contributed by atoms with Crippen molar-refractivity contribution in [2.75, 3.05) is 42.2 Å². The number of pyridine rings is 1. The second kappa shape index (κ2) is 9.61. The number of esters is 1. The first-order valence-electron chi connectivity index (χ1n) is 9.68. The lowest BCUT2D eigenvalue weighted by Gasteiger charge is -2.20. The summed E-state index contributed by atoms with van der Waals surface area (Å²) >= 11 is 0. The summed E-state index contributed by atoms with van der Waals surface area (Å²) in [4.78, 5) is 26.2. The molecule has 0 saturated heterocycles. The zero-order valence-electron chi connectivity index (χ0n) is 18.6. The second-order valence-corrected chi connectivity index (χ2v) is 6.81. The highest BCUT2D eigenvalue weighted by Crippen LogP contribution is 2.43. The third-order valence-electron chi connectivity index (χ3n) is 5.11. The third-order valence-corrected chi connectivity index (χ3v) is 5.11. The van der Waals surface area contributed by atoms with Crippen LogP contribution in [0.3, 0.4) is 0 Å². The molecule has 0 aliphatic rings. The van der Waals surface area contributed by atoms with Crippen LogP contribution >= 0.6 is 0 Å². The molecular formula is C23H25NO8. The maximum Gasteiger partial charge on any atom is 0.355 e. The van der Waals surface area contributed by atoms with Crippen molar-refractivity contribution in [1.29, 1.82) is 0 Å². The molecule has 1 aromatic heterocycles. The number of ether oxygens (including phenoxy) is 5. The number of carbonyl (C=O) groups is 1. The van der Waals surface area contributed by atoms with E-state index in [-0.39, 0.29) is 30.0 Å². The van der Waals surface area contributed by atoms with E-state index in [2.05, 4.69) is 0 Å². The summed E-state index contributed by atoms with van der Waals surface area (Å²) in [6.07, 6.45) is 0. The normalized spacial score (nSPS) is 10.8. The smallest absolute Gasteiger partial charge is 0.355 e. The maximum atomic E-state index is 13.3. The Morgan fingerprint density at radius 1 is 0.938 bits per heavy atom. The average molecular weight is 443 g/mol. The standard InChI is InChI=1S/C23H25NO8/c1-28-9-8-24-20(23(27)32-5)19(15-7-6-14(25)12-16(15)22(24)26)13-10-17(29-2)21(31-4)18(11-13)30-3/h6-7,10-12,25H,8-9H2,1-5H3. The first kappa shape index (κ1) is 23.0. The van der Waals surface area contributed by atoms with Gasteiger partial charge >= 0.3 is 5.97 Å². The van der Waals surface area contributed by atoms with Gasteiger partial charge in [-0.05, 0) is 41.3 Å². The first-order chi connectivity index (χ1) is 15.4. The van der Waals surface area contributed by atoms with Crippen molar-refractivity contribution in [3.8, 4) is 34.1 Å². The number of phenols is 1. The summed E-state index contributed by atoms with van der Waals surface area (Å²) in [7, 11) is 7.20. The summed E-state index contributed by atoms with van der Waals surface area (Å²) < 4.78 is 27.8. The average Bonchev–Trinajstić information content (AvgIpc) is 2.81. The Labute approximate surface area is 184 Å². The van der Waals surface area contributed by atoms with Crippen molar-refractivity contribution >= 4 is 16.7 Å². The molecule has 0 spiro atoms. The molecule has 2 aromatic carbocycles. The molecule has 0 amide bonds. The summed E-state index contributed by atoms with van der Waals surface area (Å²) in [5.74, 6) is 0.359. The molecule has 9 nitrogen and oxygen atoms in total. The van der Waals surface area contributed by atoms with Crippen LogP contribution in [-0.4, -0.2) is 57.8 Å². The number of aromatic nitrogens is 1. The molecule has 0 fully saturated rings. The molecule has 0 aliphatic heterocycles. The number of carbonyl (C=O) groups excluding carboxylic acids is 1. The SMILES string of the molecule is COCCn1c(C(=O)OC)c(-c2cc(OC)c(OC)c(OC)c2)c2ccc(O)cc2c1=O. The first-order valence-corrected chi connectivity index (χ1v) is 9.68. The van der Waals surface area contributed by atoms with Gasteiger partial charge in [-0.15, -0.1) is 0 Å². The van der Waals surface area contributed by atoms with Gasteiger partial charge in [0, 0.05) is 19.2 Å². The van der Waals surface area contributed by atoms with Gasteiger partial charge < -0.3 is 28.8 Å². The molecule has 0 saturated carbocycles. The molecule has 3 rings (SSSR count). The molecular weight excluding hydrogens is 418 g/mol. The minimum Gasteiger partial charge on any atom is -0.508 e. The molecule has 3 aromatic rings. The number of phenolic OH excluding ortho intramolecular Hbond substituents is 1. The van der Waals surface area contributed by atoms with E-state index in [1.54, 1.807) is 18.2 Å². The van der Waals surface area contributed by atoms with E-state index in [0.29, 0.717) is 33.8 Å². The van der Waals surface area contributed by atoms with Gasteiger partial charge in [-0.2, -0.15) is 0 Å². The van der Waals surface area contributed by atoms with E-state index in [4.69, 9.17) is 23.7 Å². The van der Waals surface area contributed by atoms with Gasteiger partial charge in [0.2, 0.25) is 5.75 Å². The highest BCUT2D eigenvalue weighted by atomic mass is 16.5. The van der Waals surface area contributed by atoms with Gasteiger partial charge in [0.15, 0.2) is 11.5 Å². The molecule has 32 heavy (non-hydrogen) atoms. The lowest BCUT2D eigenvalue weighted by atomic mass is 9.95. The van der Waals surface area contributed by atoms with Crippen molar-refractivity contribution in [3.63, 3.8) is 0 Å². The predicted octanol–water partition coefficient (Wildman–Crippen LogP) is 2.83. The van der Waals surface area contributed by atoms with Crippen molar-refractivity contribution in [2.24, 2.45) is 0 Å². The number of hydrogen-bond acceptors (Lipinski definition) is 8. The molecule has 9 heteroatoms. The van der Waals surface area contributed by atoms with Gasteiger partial charge in [-0.3, -0.25) is 9.36 Å². The fourth-order valence-corrected chi connectivity index (χ4v) is 3.66. The fraction of sp³-hybridized carbons (Fsp3) is 0.304. The van der Waals surface area contributed by atoms with E-state index in [1.807, 2.05) is 0 Å². The highest BCUT2D eigenvalue weighted by molar-refractivity contribution is 6.07. The fourth-order valence-electron chi connectivity index (χ4n) is 3.66. The van der Waals surface area contributed by atoms with Crippen LogP contribution < -0.4 is 19.8 Å². The summed E-state index contributed by atoms with van der Waals surface area (Å²) in [6.45, 7) is 0.283. The van der Waals surface area contributed by atoms with E-state index >= 15 is 0 Å². The number of rotatable bonds is 8. The number of benzene rings is 2. The van der Waals surface area contributed by atoms with Crippen molar-refractivity contribution in [1.82, 2.24) is 4.57 Å². The lowest BCUT2D eigenvalue weighted by Crippen LogP contribution is -2.29. The van der Waals surface area contributed by atoms with E-state index in [1.165, 1.54) is 52.2 Å². The van der Waals surface area contributed by atoms with Crippen LogP contribution in [0.15, 0.2) is 35.1 Å². The van der Waals surface area contributed by atoms with Crippen LogP contribution in [-0.2, 0) is 16.0 Å². The Bertz CT molecular complexity index is 1190. The molecule has 0 bridgehead atoms. The van der Waals surface area contributed by atoms with Crippen LogP contribution in [0, 0.1) is 0 Å². The topological polar surface area (TPSA) is 105 Å². The minimum atomic E-state index is -0.697. The third kappa shape index (κ3) is 3.94. The quantitative estimate of drug-likeness (QED) is 0.530. The molecule has 1 N–H and O–H groups in total. The van der Waals surface area contributed by atoms with Gasteiger partial charge in [-0.1, -0.05) is 0 Å². The van der Waals surface area contributed by atoms with Crippen LogP contribution in [0.1, 0.15) is 10.5 Å². The largest absolute Gasteiger partial charge is 0.508 e. The van der Waals surface area contributed by atoms with Gasteiger partial charge in [0.25, 0.3) is 5.56 Å². The van der Waals surface area contributed by atoms with E-state index < -0.39 is 11.5 Å². The van der Waals surface area contributed by atoms with Crippen LogP contribution in [0.2, 0.25) is 0 Å². The van der Waals surface area contributed by atoms with Crippen molar-refractivity contribution in [2.45, 2.75) is 6.54 Å². The molecule has 0 atom stereocenters. The van der Waals surface area contributed by atoms with Crippen LogP contribution in [0.4, 0.5) is 0 Å². The maximum absolute atomic E-state index is 13.3. The monoisotopic (exact) mass is 443 g/mol. The highest BCUT2D eigenvalue weighted by Gasteiger charge is 2.26. The Morgan fingerprint density at radius 2 is 1.59 bits per heavy atom. The van der Waals surface area contributed by atoms with E-state index in [9.17, 15) is 14.7 Å². The number of aromatic hydroxyl groups is 1. The zero-order valence-corrected chi connectivity index (χ0v) is 18.6. The Morgan fingerprint density at radius 3 is 2.12 bits per heavy atom. The molecule has 0 radical (unpaired) electrons. The number of hydrogen-bond donors (Lipinski definition) is 1. The minimum absolute atomic E-state index is 0.0435. The zero-order chi connectivity index (χ0) is 23.4. The Hall–Kier alpha value is -3.72. The van der Waals surface area contributed by atoms with Gasteiger partial charge in [0.1, 0.15) is 11.4 Å². The molecule has 170 valence electrons. The second-order valence-electron chi connectivity index (χ2n) is 6.81. The van der Waals surface area contributed by atoms with Crippen LogP contribution in [0.5, 0.6) is 23.0 Å². The molecule has 0 aliphatic carbocycles. The Kier molecular flexibility index (Phi) is 6.89. The lowest BCUT2D eigenvalue weighted by molar-refractivity contribution is 0.0585. The van der Waals surface area contributed by atoms with Gasteiger partial charge in [-0.25, -0.2) is 4.79 Å². The summed E-state index contributed by atoms with van der Waals surface area (Å²) in [5, 5.41) is 10.7. The molecule has 0 unspecified atom stereocenters.